The Kier molecular flexibility index (Phi) is 6.62. The molecule has 0 aromatic rings. The Labute approximate surface area is 104 Å². The standard InChI is InChI=1S/C6H12O6.C2HF3O2/c7-1-2-3(8)4(9)5(10)6(11)12-2;3-2(4,5)1(6)7/h2-11H,1H2;(H,6,7)/t2-,3-,4-,5-,6?;/m1./s1. The van der Waals surface area contributed by atoms with Gasteiger partial charge in [0.2, 0.25) is 0 Å². The van der Waals surface area contributed by atoms with Crippen LogP contribution in [0.1, 0.15) is 0 Å². The number of rotatable bonds is 1. The van der Waals surface area contributed by atoms with Gasteiger partial charge in [-0.25, -0.2) is 4.79 Å². The number of aliphatic hydroxyl groups is 5. The zero-order valence-electron chi connectivity index (χ0n) is 9.23. The van der Waals surface area contributed by atoms with E-state index in [1.54, 1.807) is 0 Å². The Hall–Kier alpha value is -0.980. The Morgan fingerprint density at radius 2 is 1.47 bits per heavy atom. The van der Waals surface area contributed by atoms with Crippen molar-refractivity contribution >= 4 is 5.97 Å². The predicted molar refractivity (Wildman–Crippen MR) is 49.7 cm³/mol. The summed E-state index contributed by atoms with van der Waals surface area (Å²) >= 11 is 0. The molecule has 114 valence electrons. The lowest BCUT2D eigenvalue weighted by atomic mass is 10.00. The van der Waals surface area contributed by atoms with Gasteiger partial charge in [-0.05, 0) is 0 Å². The van der Waals surface area contributed by atoms with E-state index in [2.05, 4.69) is 4.74 Å². The molecule has 1 aliphatic heterocycles. The van der Waals surface area contributed by atoms with Gasteiger partial charge in [0.15, 0.2) is 6.29 Å². The van der Waals surface area contributed by atoms with E-state index in [0.717, 1.165) is 0 Å². The molecular formula is C8H13F3O8. The SMILES string of the molecule is O=C(O)C(F)(F)F.OC[C@H]1OC(O)[C@H](O)[C@H](O)[C@@H]1O. The molecule has 0 aliphatic carbocycles. The van der Waals surface area contributed by atoms with Crippen LogP contribution in [0, 0.1) is 0 Å². The van der Waals surface area contributed by atoms with Crippen LogP contribution < -0.4 is 0 Å². The van der Waals surface area contributed by atoms with Crippen LogP contribution in [0.2, 0.25) is 0 Å². The molecular weight excluding hydrogens is 281 g/mol. The van der Waals surface area contributed by atoms with Gasteiger partial charge in [0, 0.05) is 0 Å². The Balaban J connectivity index is 0.000000399. The Bertz CT molecular complexity index is 291. The van der Waals surface area contributed by atoms with Crippen molar-refractivity contribution in [2.24, 2.45) is 0 Å². The molecule has 8 nitrogen and oxygen atoms in total. The van der Waals surface area contributed by atoms with Gasteiger partial charge in [0.05, 0.1) is 6.61 Å². The fourth-order valence-electron chi connectivity index (χ4n) is 1.08. The molecule has 0 amide bonds. The lowest BCUT2D eigenvalue weighted by Crippen LogP contribution is -2.58. The predicted octanol–water partition coefficient (Wildman–Crippen LogP) is -2.59. The molecule has 1 heterocycles. The summed E-state index contributed by atoms with van der Waals surface area (Å²) < 4.78 is 36.3. The molecule has 19 heavy (non-hydrogen) atoms. The average Bonchev–Trinajstić information content (AvgIpc) is 2.30. The maximum atomic E-state index is 10.6. The average molecular weight is 294 g/mol. The first-order valence-electron chi connectivity index (χ1n) is 4.81. The van der Waals surface area contributed by atoms with Crippen LogP contribution in [-0.2, 0) is 9.53 Å². The lowest BCUT2D eigenvalue weighted by molar-refractivity contribution is -0.286. The molecule has 11 heteroatoms. The first-order valence-corrected chi connectivity index (χ1v) is 4.81. The summed E-state index contributed by atoms with van der Waals surface area (Å²) in [6, 6.07) is 0. The van der Waals surface area contributed by atoms with Gasteiger partial charge in [-0.2, -0.15) is 13.2 Å². The van der Waals surface area contributed by atoms with Crippen LogP contribution in [0.15, 0.2) is 0 Å². The molecule has 0 radical (unpaired) electrons. The van der Waals surface area contributed by atoms with Crippen LogP contribution in [0.25, 0.3) is 0 Å². The zero-order valence-corrected chi connectivity index (χ0v) is 9.23. The fourth-order valence-corrected chi connectivity index (χ4v) is 1.08. The molecule has 0 bridgehead atoms. The minimum absolute atomic E-state index is 0.526. The first-order chi connectivity index (χ1) is 8.52. The number of aliphatic carboxylic acids is 1. The van der Waals surface area contributed by atoms with Gasteiger partial charge in [0.1, 0.15) is 24.4 Å². The molecule has 0 aromatic carbocycles. The number of aliphatic hydroxyl groups excluding tert-OH is 5. The molecule has 1 aliphatic rings. The minimum atomic E-state index is -5.08. The van der Waals surface area contributed by atoms with E-state index in [-0.39, 0.29) is 0 Å². The maximum Gasteiger partial charge on any atom is 0.490 e. The zero-order chi connectivity index (χ0) is 15.4. The van der Waals surface area contributed by atoms with Crippen molar-refractivity contribution in [2.75, 3.05) is 6.61 Å². The highest BCUT2D eigenvalue weighted by atomic mass is 19.4. The summed E-state index contributed by atoms with van der Waals surface area (Å²) in [5, 5.41) is 51.8. The number of carboxylic acids is 1. The number of ether oxygens (including phenoxy) is 1. The number of carbonyl (C=O) groups is 1. The largest absolute Gasteiger partial charge is 0.490 e. The molecule has 1 unspecified atom stereocenters. The molecule has 0 saturated carbocycles. The number of halogens is 3. The van der Waals surface area contributed by atoms with Gasteiger partial charge in [-0.15, -0.1) is 0 Å². The normalized spacial score (nSPS) is 35.3. The van der Waals surface area contributed by atoms with Gasteiger partial charge in [0.25, 0.3) is 0 Å². The second-order valence-electron chi connectivity index (χ2n) is 3.52. The van der Waals surface area contributed by atoms with Gasteiger partial charge in [-0.1, -0.05) is 0 Å². The van der Waals surface area contributed by atoms with Crippen LogP contribution in [0.4, 0.5) is 13.2 Å². The number of carboxylic acid groups (broad SMARTS) is 1. The van der Waals surface area contributed by atoms with Gasteiger partial charge >= 0.3 is 12.1 Å². The topological polar surface area (TPSA) is 148 Å². The maximum absolute atomic E-state index is 10.6. The molecule has 6 N–H and O–H groups in total. The summed E-state index contributed by atoms with van der Waals surface area (Å²) in [6.45, 7) is -0.526. The third-order valence-electron chi connectivity index (χ3n) is 2.11. The van der Waals surface area contributed by atoms with Crippen molar-refractivity contribution in [3.63, 3.8) is 0 Å². The highest BCUT2D eigenvalue weighted by Crippen LogP contribution is 2.19. The highest BCUT2D eigenvalue weighted by Gasteiger charge is 2.42. The summed E-state index contributed by atoms with van der Waals surface area (Å²) in [6.07, 6.45) is -12.1. The third-order valence-corrected chi connectivity index (χ3v) is 2.11. The van der Waals surface area contributed by atoms with E-state index in [4.69, 9.17) is 35.4 Å². The number of alkyl halides is 3. The number of hydrogen-bond acceptors (Lipinski definition) is 7. The van der Waals surface area contributed by atoms with E-state index in [9.17, 15) is 13.2 Å². The number of hydrogen-bond donors (Lipinski definition) is 6. The minimum Gasteiger partial charge on any atom is -0.475 e. The Morgan fingerprint density at radius 3 is 1.79 bits per heavy atom. The second kappa shape index (κ2) is 6.98. The third kappa shape index (κ3) is 5.26. The van der Waals surface area contributed by atoms with Crippen molar-refractivity contribution < 1.29 is 53.3 Å². The fraction of sp³-hybridized carbons (Fsp3) is 0.875. The highest BCUT2D eigenvalue weighted by molar-refractivity contribution is 5.73. The molecule has 1 fully saturated rings. The van der Waals surface area contributed by atoms with Crippen LogP contribution in [0.3, 0.4) is 0 Å². The van der Waals surface area contributed by atoms with Gasteiger partial charge < -0.3 is 35.4 Å². The summed E-state index contributed by atoms with van der Waals surface area (Å²) in [5.74, 6) is -2.76. The van der Waals surface area contributed by atoms with E-state index < -0.39 is 49.5 Å². The van der Waals surface area contributed by atoms with E-state index in [0.29, 0.717) is 0 Å². The smallest absolute Gasteiger partial charge is 0.475 e. The van der Waals surface area contributed by atoms with E-state index in [1.807, 2.05) is 0 Å². The van der Waals surface area contributed by atoms with Crippen molar-refractivity contribution in [3.8, 4) is 0 Å². The molecule has 0 spiro atoms. The first kappa shape index (κ1) is 18.0. The van der Waals surface area contributed by atoms with Crippen molar-refractivity contribution in [2.45, 2.75) is 36.9 Å². The van der Waals surface area contributed by atoms with Crippen molar-refractivity contribution in [3.05, 3.63) is 0 Å². The molecule has 5 atom stereocenters. The van der Waals surface area contributed by atoms with Crippen LogP contribution in [-0.4, -0.2) is 80.1 Å². The summed E-state index contributed by atoms with van der Waals surface area (Å²) in [7, 11) is 0. The van der Waals surface area contributed by atoms with Crippen LogP contribution >= 0.6 is 0 Å². The van der Waals surface area contributed by atoms with E-state index in [1.165, 1.54) is 0 Å². The van der Waals surface area contributed by atoms with E-state index >= 15 is 0 Å². The Morgan fingerprint density at radius 1 is 1.05 bits per heavy atom. The molecule has 1 saturated heterocycles. The quantitative estimate of drug-likeness (QED) is 0.309. The van der Waals surface area contributed by atoms with Crippen molar-refractivity contribution in [1.29, 1.82) is 0 Å². The van der Waals surface area contributed by atoms with Crippen LogP contribution in [0.5, 0.6) is 0 Å². The van der Waals surface area contributed by atoms with Gasteiger partial charge in [-0.3, -0.25) is 0 Å². The molecule has 0 aromatic heterocycles. The second-order valence-corrected chi connectivity index (χ2v) is 3.52. The summed E-state index contributed by atoms with van der Waals surface area (Å²) in [5.41, 5.74) is 0. The van der Waals surface area contributed by atoms with Crippen molar-refractivity contribution in [1.82, 2.24) is 0 Å². The lowest BCUT2D eigenvalue weighted by Gasteiger charge is -2.37. The monoisotopic (exact) mass is 294 g/mol. The molecule has 1 rings (SSSR count). The summed E-state index contributed by atoms with van der Waals surface area (Å²) in [4.78, 5) is 8.90.